The van der Waals surface area contributed by atoms with Crippen LogP contribution in [0.1, 0.15) is 30.8 Å². The zero-order valence-corrected chi connectivity index (χ0v) is 14.3. The van der Waals surface area contributed by atoms with Crippen LogP contribution in [0.25, 0.3) is 0 Å². The largest absolute Gasteiger partial charge is 0.493 e. The summed E-state index contributed by atoms with van der Waals surface area (Å²) in [6, 6.07) is 10.6. The van der Waals surface area contributed by atoms with E-state index in [1.54, 1.807) is 31.4 Å². The SMILES string of the molecule is COc1ccccc1Oc1ccc(C(=O)N2CC(C)CC(C)C2)o1. The fourth-order valence-corrected chi connectivity index (χ4v) is 3.29. The molecule has 1 amide bonds. The predicted octanol–water partition coefficient (Wildman–Crippen LogP) is 4.20. The second kappa shape index (κ2) is 6.99. The Balaban J connectivity index is 1.72. The number of likely N-dealkylation sites (tertiary alicyclic amines) is 1. The summed E-state index contributed by atoms with van der Waals surface area (Å²) in [5, 5.41) is 0. The van der Waals surface area contributed by atoms with Crippen molar-refractivity contribution in [3.8, 4) is 17.4 Å². The Morgan fingerprint density at radius 3 is 2.42 bits per heavy atom. The molecule has 128 valence electrons. The van der Waals surface area contributed by atoms with Gasteiger partial charge < -0.3 is 18.8 Å². The van der Waals surface area contributed by atoms with Gasteiger partial charge in [0.2, 0.25) is 0 Å². The molecule has 1 aliphatic heterocycles. The summed E-state index contributed by atoms with van der Waals surface area (Å²) in [5.41, 5.74) is 0. The molecule has 1 aliphatic rings. The van der Waals surface area contributed by atoms with Gasteiger partial charge in [-0.1, -0.05) is 26.0 Å². The number of hydrogen-bond acceptors (Lipinski definition) is 4. The van der Waals surface area contributed by atoms with Gasteiger partial charge in [-0.15, -0.1) is 0 Å². The number of ether oxygens (including phenoxy) is 2. The van der Waals surface area contributed by atoms with Gasteiger partial charge in [-0.05, 0) is 36.5 Å². The van der Waals surface area contributed by atoms with E-state index in [9.17, 15) is 4.79 Å². The number of amides is 1. The van der Waals surface area contributed by atoms with Gasteiger partial charge in [-0.2, -0.15) is 0 Å². The molecule has 0 N–H and O–H groups in total. The van der Waals surface area contributed by atoms with E-state index in [1.807, 2.05) is 17.0 Å². The first kappa shape index (κ1) is 16.4. The normalized spacial score (nSPS) is 20.7. The van der Waals surface area contributed by atoms with E-state index in [0.29, 0.717) is 29.1 Å². The summed E-state index contributed by atoms with van der Waals surface area (Å²) < 4.78 is 16.6. The summed E-state index contributed by atoms with van der Waals surface area (Å²) in [6.07, 6.45) is 1.16. The first-order valence-electron chi connectivity index (χ1n) is 8.26. The Labute approximate surface area is 142 Å². The van der Waals surface area contributed by atoms with Gasteiger partial charge in [0.15, 0.2) is 17.3 Å². The van der Waals surface area contributed by atoms with E-state index in [-0.39, 0.29) is 11.9 Å². The molecule has 0 spiro atoms. The number of carbonyl (C=O) groups is 1. The zero-order valence-electron chi connectivity index (χ0n) is 14.3. The lowest BCUT2D eigenvalue weighted by Gasteiger charge is -2.34. The molecule has 1 aromatic heterocycles. The van der Waals surface area contributed by atoms with Crippen LogP contribution in [0.5, 0.6) is 17.4 Å². The number of rotatable bonds is 4. The molecule has 0 saturated carbocycles. The molecule has 3 rings (SSSR count). The van der Waals surface area contributed by atoms with Crippen LogP contribution in [0.4, 0.5) is 0 Å². The van der Waals surface area contributed by atoms with E-state index in [2.05, 4.69) is 13.8 Å². The van der Waals surface area contributed by atoms with Crippen molar-refractivity contribution in [2.75, 3.05) is 20.2 Å². The van der Waals surface area contributed by atoms with Crippen LogP contribution in [0.15, 0.2) is 40.8 Å². The van der Waals surface area contributed by atoms with Crippen LogP contribution in [0.3, 0.4) is 0 Å². The van der Waals surface area contributed by atoms with Crippen molar-refractivity contribution in [3.63, 3.8) is 0 Å². The van der Waals surface area contributed by atoms with Crippen LogP contribution < -0.4 is 9.47 Å². The fraction of sp³-hybridized carbons (Fsp3) is 0.421. The van der Waals surface area contributed by atoms with Gasteiger partial charge >= 0.3 is 0 Å². The average molecular weight is 329 g/mol. The zero-order chi connectivity index (χ0) is 17.1. The lowest BCUT2D eigenvalue weighted by Crippen LogP contribution is -2.42. The van der Waals surface area contributed by atoms with E-state index in [0.717, 1.165) is 19.5 Å². The number of nitrogens with zero attached hydrogens (tertiary/aromatic N) is 1. The summed E-state index contributed by atoms with van der Waals surface area (Å²) in [6.45, 7) is 5.89. The first-order chi connectivity index (χ1) is 11.6. The molecule has 24 heavy (non-hydrogen) atoms. The highest BCUT2D eigenvalue weighted by Gasteiger charge is 2.28. The second-order valence-electron chi connectivity index (χ2n) is 6.53. The minimum Gasteiger partial charge on any atom is -0.493 e. The van der Waals surface area contributed by atoms with Crippen LogP contribution in [0, 0.1) is 11.8 Å². The lowest BCUT2D eigenvalue weighted by molar-refractivity contribution is 0.0587. The number of benzene rings is 1. The molecular weight excluding hydrogens is 306 g/mol. The Kier molecular flexibility index (Phi) is 4.79. The lowest BCUT2D eigenvalue weighted by atomic mass is 9.92. The maximum absolute atomic E-state index is 12.6. The van der Waals surface area contributed by atoms with Crippen LogP contribution >= 0.6 is 0 Å². The first-order valence-corrected chi connectivity index (χ1v) is 8.26. The molecule has 5 heteroatoms. The molecule has 2 aromatic rings. The van der Waals surface area contributed by atoms with Crippen LogP contribution in [-0.4, -0.2) is 31.0 Å². The molecule has 0 aliphatic carbocycles. The molecule has 1 fully saturated rings. The molecule has 2 atom stereocenters. The Morgan fingerprint density at radius 1 is 1.08 bits per heavy atom. The second-order valence-corrected chi connectivity index (χ2v) is 6.53. The van der Waals surface area contributed by atoms with Gasteiger partial charge in [0.05, 0.1) is 7.11 Å². The van der Waals surface area contributed by atoms with E-state index < -0.39 is 0 Å². The van der Waals surface area contributed by atoms with E-state index in [1.165, 1.54) is 0 Å². The van der Waals surface area contributed by atoms with Crippen molar-refractivity contribution < 1.29 is 18.7 Å². The molecule has 1 saturated heterocycles. The molecule has 2 heterocycles. The number of furan rings is 1. The summed E-state index contributed by atoms with van der Waals surface area (Å²) in [4.78, 5) is 14.5. The van der Waals surface area contributed by atoms with Gasteiger partial charge in [0.1, 0.15) is 0 Å². The minimum absolute atomic E-state index is 0.0803. The third kappa shape index (κ3) is 3.55. The Hall–Kier alpha value is -2.43. The van der Waals surface area contributed by atoms with E-state index in [4.69, 9.17) is 13.9 Å². The third-order valence-corrected chi connectivity index (χ3v) is 4.23. The quantitative estimate of drug-likeness (QED) is 0.843. The summed E-state index contributed by atoms with van der Waals surface area (Å²) >= 11 is 0. The molecule has 1 aromatic carbocycles. The van der Waals surface area contributed by atoms with Gasteiger partial charge in [0.25, 0.3) is 11.9 Å². The topological polar surface area (TPSA) is 51.9 Å². The van der Waals surface area contributed by atoms with Gasteiger partial charge in [-0.3, -0.25) is 4.79 Å². The Bertz CT molecular complexity index is 699. The van der Waals surface area contributed by atoms with Crippen molar-refractivity contribution in [1.82, 2.24) is 4.90 Å². The standard InChI is InChI=1S/C19H23NO4/c1-13-10-14(2)12-20(11-13)19(21)17-8-9-18(24-17)23-16-7-5-4-6-15(16)22-3/h4-9,13-14H,10-12H2,1-3H3. The van der Waals surface area contributed by atoms with Crippen molar-refractivity contribution in [2.24, 2.45) is 11.8 Å². The predicted molar refractivity (Wildman–Crippen MR) is 90.6 cm³/mol. The minimum atomic E-state index is -0.0803. The average Bonchev–Trinajstić information content (AvgIpc) is 3.02. The number of hydrogen-bond donors (Lipinski definition) is 0. The monoisotopic (exact) mass is 329 g/mol. The maximum atomic E-state index is 12.6. The van der Waals surface area contributed by atoms with Crippen LogP contribution in [-0.2, 0) is 0 Å². The fourth-order valence-electron chi connectivity index (χ4n) is 3.29. The Morgan fingerprint density at radius 2 is 1.75 bits per heavy atom. The van der Waals surface area contributed by atoms with E-state index >= 15 is 0 Å². The molecule has 0 radical (unpaired) electrons. The number of carbonyl (C=O) groups excluding carboxylic acids is 1. The van der Waals surface area contributed by atoms with Crippen molar-refractivity contribution in [3.05, 3.63) is 42.2 Å². The highest BCUT2D eigenvalue weighted by Crippen LogP contribution is 2.32. The third-order valence-electron chi connectivity index (χ3n) is 4.23. The molecule has 5 nitrogen and oxygen atoms in total. The number of piperidine rings is 1. The number of para-hydroxylation sites is 2. The smallest absolute Gasteiger partial charge is 0.290 e. The van der Waals surface area contributed by atoms with Crippen LogP contribution in [0.2, 0.25) is 0 Å². The molecular formula is C19H23NO4. The van der Waals surface area contributed by atoms with Gasteiger partial charge in [-0.25, -0.2) is 0 Å². The van der Waals surface area contributed by atoms with Crippen molar-refractivity contribution in [2.45, 2.75) is 20.3 Å². The highest BCUT2D eigenvalue weighted by molar-refractivity contribution is 5.91. The highest BCUT2D eigenvalue weighted by atomic mass is 16.6. The summed E-state index contributed by atoms with van der Waals surface area (Å²) in [7, 11) is 1.58. The molecule has 2 unspecified atom stereocenters. The number of methoxy groups -OCH3 is 1. The molecule has 0 bridgehead atoms. The van der Waals surface area contributed by atoms with Crippen molar-refractivity contribution in [1.29, 1.82) is 0 Å². The van der Waals surface area contributed by atoms with Crippen molar-refractivity contribution >= 4 is 5.91 Å². The summed E-state index contributed by atoms with van der Waals surface area (Å²) in [5.74, 6) is 2.69. The maximum Gasteiger partial charge on any atom is 0.290 e. The van der Waals surface area contributed by atoms with Gasteiger partial charge in [0, 0.05) is 19.2 Å².